The number of aliphatic hydroxyl groups is 1. The number of rotatable bonds is 5. The van der Waals surface area contributed by atoms with Gasteiger partial charge in [0.1, 0.15) is 5.58 Å². The van der Waals surface area contributed by atoms with Crippen LogP contribution in [-0.4, -0.2) is 59.6 Å². The first kappa shape index (κ1) is 17.0. The molecular formula is C19H26N2O3. The molecule has 5 nitrogen and oxygen atoms in total. The smallest absolute Gasteiger partial charge is 0.227 e. The van der Waals surface area contributed by atoms with E-state index in [9.17, 15) is 9.90 Å². The number of benzene rings is 1. The third-order valence-corrected chi connectivity index (χ3v) is 5.02. The normalized spacial score (nSPS) is 17.4. The van der Waals surface area contributed by atoms with Gasteiger partial charge in [-0.2, -0.15) is 0 Å². The van der Waals surface area contributed by atoms with E-state index in [4.69, 9.17) is 4.42 Å². The van der Waals surface area contributed by atoms with Crippen LogP contribution < -0.4 is 0 Å². The van der Waals surface area contributed by atoms with Crippen LogP contribution in [0, 0.1) is 6.92 Å². The molecule has 1 aromatic carbocycles. The standard InChI is InChI=1S/C19H26N2O3/c1-3-16(12-22)20-6-8-21(9-7-20)19(23)11-15-13-24-18-10-14(2)4-5-17(15)18/h4-5,10,13,16,22H,3,6-9,11-12H2,1-2H3. The van der Waals surface area contributed by atoms with Gasteiger partial charge in [-0.1, -0.05) is 19.1 Å². The number of hydrogen-bond donors (Lipinski definition) is 1. The molecule has 1 aliphatic heterocycles. The van der Waals surface area contributed by atoms with Gasteiger partial charge in [0.05, 0.1) is 19.3 Å². The summed E-state index contributed by atoms with van der Waals surface area (Å²) >= 11 is 0. The number of piperazine rings is 1. The minimum atomic E-state index is 0.148. The topological polar surface area (TPSA) is 56.9 Å². The van der Waals surface area contributed by atoms with E-state index in [0.717, 1.165) is 54.7 Å². The number of aliphatic hydroxyl groups excluding tert-OH is 1. The first-order valence-corrected chi connectivity index (χ1v) is 8.71. The Bertz CT molecular complexity index is 698. The molecule has 1 aromatic heterocycles. The molecule has 1 aliphatic rings. The maximum atomic E-state index is 12.6. The molecule has 24 heavy (non-hydrogen) atoms. The number of carbonyl (C=O) groups excluding carboxylic acids is 1. The van der Waals surface area contributed by atoms with Crippen molar-refractivity contribution in [3.63, 3.8) is 0 Å². The van der Waals surface area contributed by atoms with Crippen LogP contribution in [0.3, 0.4) is 0 Å². The zero-order valence-corrected chi connectivity index (χ0v) is 14.5. The summed E-state index contributed by atoms with van der Waals surface area (Å²) in [4.78, 5) is 16.8. The van der Waals surface area contributed by atoms with Crippen molar-refractivity contribution in [3.05, 3.63) is 35.6 Å². The quantitative estimate of drug-likeness (QED) is 0.913. The molecule has 2 aromatic rings. The highest BCUT2D eigenvalue weighted by atomic mass is 16.3. The zero-order chi connectivity index (χ0) is 17.1. The van der Waals surface area contributed by atoms with Gasteiger partial charge in [0.25, 0.3) is 0 Å². The molecule has 0 saturated carbocycles. The summed E-state index contributed by atoms with van der Waals surface area (Å²) in [6.07, 6.45) is 3.02. The van der Waals surface area contributed by atoms with Gasteiger partial charge < -0.3 is 14.4 Å². The van der Waals surface area contributed by atoms with Crippen molar-refractivity contribution in [2.24, 2.45) is 0 Å². The highest BCUT2D eigenvalue weighted by molar-refractivity contribution is 5.88. The van der Waals surface area contributed by atoms with Crippen molar-refractivity contribution in [2.75, 3.05) is 32.8 Å². The lowest BCUT2D eigenvalue weighted by Gasteiger charge is -2.38. The monoisotopic (exact) mass is 330 g/mol. The van der Waals surface area contributed by atoms with Crippen molar-refractivity contribution in [1.82, 2.24) is 9.80 Å². The van der Waals surface area contributed by atoms with E-state index in [-0.39, 0.29) is 18.6 Å². The van der Waals surface area contributed by atoms with Crippen LogP contribution in [0.1, 0.15) is 24.5 Å². The third-order valence-electron chi connectivity index (χ3n) is 5.02. The Labute approximate surface area is 142 Å². The predicted octanol–water partition coefficient (Wildman–Crippen LogP) is 2.20. The predicted molar refractivity (Wildman–Crippen MR) is 94.0 cm³/mol. The maximum absolute atomic E-state index is 12.6. The number of amides is 1. The Hall–Kier alpha value is -1.85. The molecule has 0 radical (unpaired) electrons. The van der Waals surface area contributed by atoms with Gasteiger partial charge in [-0.15, -0.1) is 0 Å². The maximum Gasteiger partial charge on any atom is 0.227 e. The van der Waals surface area contributed by atoms with E-state index in [1.807, 2.05) is 30.0 Å². The van der Waals surface area contributed by atoms with Gasteiger partial charge in [0.15, 0.2) is 0 Å². The molecule has 1 unspecified atom stereocenters. The van der Waals surface area contributed by atoms with Gasteiger partial charge >= 0.3 is 0 Å². The summed E-state index contributed by atoms with van der Waals surface area (Å²) < 4.78 is 5.59. The van der Waals surface area contributed by atoms with Gasteiger partial charge in [-0.3, -0.25) is 9.69 Å². The minimum absolute atomic E-state index is 0.148. The SMILES string of the molecule is CCC(CO)N1CCN(C(=O)Cc2coc3cc(C)ccc23)CC1. The molecule has 130 valence electrons. The summed E-state index contributed by atoms with van der Waals surface area (Å²) in [5.41, 5.74) is 2.95. The molecule has 1 amide bonds. The molecule has 3 rings (SSSR count). The molecule has 0 spiro atoms. The minimum Gasteiger partial charge on any atom is -0.464 e. The van der Waals surface area contributed by atoms with E-state index in [2.05, 4.69) is 11.8 Å². The number of aryl methyl sites for hydroxylation is 1. The number of fused-ring (bicyclic) bond motifs is 1. The van der Waals surface area contributed by atoms with Crippen LogP contribution in [-0.2, 0) is 11.2 Å². The first-order valence-electron chi connectivity index (χ1n) is 8.71. The second-order valence-electron chi connectivity index (χ2n) is 6.60. The van der Waals surface area contributed by atoms with E-state index in [0.29, 0.717) is 6.42 Å². The van der Waals surface area contributed by atoms with Gasteiger partial charge in [-0.05, 0) is 25.0 Å². The fourth-order valence-electron chi connectivity index (χ4n) is 3.44. The molecule has 1 saturated heterocycles. The average Bonchev–Trinajstić information content (AvgIpc) is 2.98. The van der Waals surface area contributed by atoms with Gasteiger partial charge in [0, 0.05) is 43.2 Å². The molecular weight excluding hydrogens is 304 g/mol. The molecule has 0 aliphatic carbocycles. The van der Waals surface area contributed by atoms with E-state index >= 15 is 0 Å². The second-order valence-corrected chi connectivity index (χ2v) is 6.60. The number of carbonyl (C=O) groups is 1. The fraction of sp³-hybridized carbons (Fsp3) is 0.526. The Morgan fingerprint density at radius 1 is 1.29 bits per heavy atom. The molecule has 1 fully saturated rings. The van der Waals surface area contributed by atoms with Gasteiger partial charge in [-0.25, -0.2) is 0 Å². The van der Waals surface area contributed by atoms with Crippen molar-refractivity contribution >= 4 is 16.9 Å². The Morgan fingerprint density at radius 3 is 2.71 bits per heavy atom. The van der Waals surface area contributed by atoms with Crippen LogP contribution in [0.15, 0.2) is 28.9 Å². The Balaban J connectivity index is 1.61. The van der Waals surface area contributed by atoms with Crippen LogP contribution in [0.25, 0.3) is 11.0 Å². The van der Waals surface area contributed by atoms with E-state index < -0.39 is 0 Å². The first-order chi connectivity index (χ1) is 11.6. The van der Waals surface area contributed by atoms with Crippen LogP contribution >= 0.6 is 0 Å². The second kappa shape index (κ2) is 7.36. The lowest BCUT2D eigenvalue weighted by Crippen LogP contribution is -2.53. The highest BCUT2D eigenvalue weighted by Gasteiger charge is 2.25. The summed E-state index contributed by atoms with van der Waals surface area (Å²) in [6, 6.07) is 6.29. The van der Waals surface area contributed by atoms with Crippen LogP contribution in [0.2, 0.25) is 0 Å². The lowest BCUT2D eigenvalue weighted by molar-refractivity contribution is -0.132. The average molecular weight is 330 g/mol. The summed E-state index contributed by atoms with van der Waals surface area (Å²) in [5, 5.41) is 10.4. The summed E-state index contributed by atoms with van der Waals surface area (Å²) in [6.45, 7) is 7.41. The Morgan fingerprint density at radius 2 is 2.04 bits per heavy atom. The third kappa shape index (κ3) is 3.47. The fourth-order valence-corrected chi connectivity index (χ4v) is 3.44. The summed E-state index contributed by atoms with van der Waals surface area (Å²) in [7, 11) is 0. The molecule has 1 atom stereocenters. The largest absolute Gasteiger partial charge is 0.464 e. The summed E-state index contributed by atoms with van der Waals surface area (Å²) in [5.74, 6) is 0.148. The highest BCUT2D eigenvalue weighted by Crippen LogP contribution is 2.23. The molecule has 0 bridgehead atoms. The van der Waals surface area contributed by atoms with Crippen LogP contribution in [0.4, 0.5) is 0 Å². The molecule has 1 N–H and O–H groups in total. The van der Waals surface area contributed by atoms with Gasteiger partial charge in [0.2, 0.25) is 5.91 Å². The van der Waals surface area contributed by atoms with E-state index in [1.54, 1.807) is 6.26 Å². The lowest BCUT2D eigenvalue weighted by atomic mass is 10.1. The molecule has 2 heterocycles. The van der Waals surface area contributed by atoms with Crippen molar-refractivity contribution < 1.29 is 14.3 Å². The number of furan rings is 1. The number of nitrogens with zero attached hydrogens (tertiary/aromatic N) is 2. The van der Waals surface area contributed by atoms with Crippen LogP contribution in [0.5, 0.6) is 0 Å². The Kier molecular flexibility index (Phi) is 5.21. The van der Waals surface area contributed by atoms with Crippen molar-refractivity contribution in [2.45, 2.75) is 32.7 Å². The van der Waals surface area contributed by atoms with E-state index in [1.165, 1.54) is 0 Å². The van der Waals surface area contributed by atoms with Crippen molar-refractivity contribution in [3.8, 4) is 0 Å². The molecule has 5 heteroatoms. The zero-order valence-electron chi connectivity index (χ0n) is 14.5. The van der Waals surface area contributed by atoms with Crippen molar-refractivity contribution in [1.29, 1.82) is 0 Å². The number of hydrogen-bond acceptors (Lipinski definition) is 4.